The van der Waals surface area contributed by atoms with E-state index in [1.807, 2.05) is 12.1 Å². The molecule has 1 aromatic heterocycles. The summed E-state index contributed by atoms with van der Waals surface area (Å²) in [7, 11) is -0.482. The van der Waals surface area contributed by atoms with Crippen LogP contribution >= 0.6 is 11.3 Å². The van der Waals surface area contributed by atoms with Gasteiger partial charge in [0.2, 0.25) is 0 Å². The summed E-state index contributed by atoms with van der Waals surface area (Å²) in [5.74, 6) is 0.318. The summed E-state index contributed by atoms with van der Waals surface area (Å²) in [6.45, 7) is 2.23. The van der Waals surface area contributed by atoms with Gasteiger partial charge in [0.25, 0.3) is 15.9 Å². The Morgan fingerprint density at radius 3 is 2.51 bits per heavy atom. The lowest BCUT2D eigenvalue weighted by Gasteiger charge is -2.38. The topological polar surface area (TPSA) is 111 Å². The maximum Gasteiger partial charge on any atom is 0.335 e. The third-order valence-electron chi connectivity index (χ3n) is 6.42. The van der Waals surface area contributed by atoms with Crippen LogP contribution in [0.5, 0.6) is 11.5 Å². The standard InChI is InChI=1S/C24H28N2O7S2/c1-16-21(22(27)25-11-8-17-6-7-18(31-2)19(15-17)32-3)24(33-23(16)28)9-12-26(13-10-24)35(29,30)20-5-4-14-34-20/h4-7,14-15H,8-13H2,1-3H3,(H,25,27). The van der Waals surface area contributed by atoms with E-state index in [1.165, 1.54) is 4.31 Å². The summed E-state index contributed by atoms with van der Waals surface area (Å²) < 4.78 is 43.7. The maximum atomic E-state index is 13.2. The number of carbonyl (C=O) groups is 2. The fourth-order valence-electron chi connectivity index (χ4n) is 4.55. The van der Waals surface area contributed by atoms with E-state index < -0.39 is 21.6 Å². The highest BCUT2D eigenvalue weighted by Gasteiger charge is 2.52. The van der Waals surface area contributed by atoms with Crippen molar-refractivity contribution in [3.63, 3.8) is 0 Å². The predicted molar refractivity (Wildman–Crippen MR) is 130 cm³/mol. The number of thiophene rings is 1. The fourth-order valence-corrected chi connectivity index (χ4v) is 7.13. The Balaban J connectivity index is 1.43. The lowest BCUT2D eigenvalue weighted by atomic mass is 9.83. The summed E-state index contributed by atoms with van der Waals surface area (Å²) in [5.41, 5.74) is 0.399. The van der Waals surface area contributed by atoms with Crippen molar-refractivity contribution in [3.8, 4) is 11.5 Å². The molecule has 1 spiro atoms. The smallest absolute Gasteiger partial charge is 0.335 e. The zero-order valence-electron chi connectivity index (χ0n) is 19.8. The lowest BCUT2D eigenvalue weighted by Crippen LogP contribution is -2.50. The van der Waals surface area contributed by atoms with Crippen molar-refractivity contribution in [2.24, 2.45) is 0 Å². The van der Waals surface area contributed by atoms with Gasteiger partial charge in [-0.3, -0.25) is 4.79 Å². The Kier molecular flexibility index (Phi) is 7.20. The van der Waals surface area contributed by atoms with Crippen molar-refractivity contribution in [2.75, 3.05) is 33.9 Å². The number of nitrogens with zero attached hydrogens (tertiary/aromatic N) is 1. The van der Waals surface area contributed by atoms with E-state index in [0.717, 1.165) is 16.9 Å². The zero-order valence-corrected chi connectivity index (χ0v) is 21.5. The van der Waals surface area contributed by atoms with Crippen LogP contribution in [0.25, 0.3) is 0 Å². The summed E-state index contributed by atoms with van der Waals surface area (Å²) in [5, 5.41) is 4.61. The van der Waals surface area contributed by atoms with Gasteiger partial charge < -0.3 is 19.5 Å². The van der Waals surface area contributed by atoms with Gasteiger partial charge in [-0.1, -0.05) is 12.1 Å². The number of amides is 1. The number of hydrogen-bond donors (Lipinski definition) is 1. The van der Waals surface area contributed by atoms with Crippen LogP contribution in [0.3, 0.4) is 0 Å². The van der Waals surface area contributed by atoms with Crippen LogP contribution in [-0.2, 0) is 30.8 Å². The van der Waals surface area contributed by atoms with Crippen molar-refractivity contribution < 1.29 is 32.2 Å². The summed E-state index contributed by atoms with van der Waals surface area (Å²) in [6.07, 6.45) is 0.991. The summed E-state index contributed by atoms with van der Waals surface area (Å²) >= 11 is 1.16. The van der Waals surface area contributed by atoms with E-state index in [4.69, 9.17) is 14.2 Å². The molecule has 1 aromatic carbocycles. The van der Waals surface area contributed by atoms with E-state index in [0.29, 0.717) is 30.0 Å². The Labute approximate surface area is 208 Å². The van der Waals surface area contributed by atoms with E-state index in [-0.39, 0.29) is 41.6 Å². The molecule has 0 aliphatic carbocycles. The number of esters is 1. The van der Waals surface area contributed by atoms with Crippen LogP contribution in [0.2, 0.25) is 0 Å². The minimum atomic E-state index is -3.61. The average molecular weight is 521 g/mol. The van der Waals surface area contributed by atoms with E-state index in [1.54, 1.807) is 44.7 Å². The van der Waals surface area contributed by atoms with Crippen LogP contribution in [-0.4, -0.2) is 64.1 Å². The molecule has 1 fully saturated rings. The largest absolute Gasteiger partial charge is 0.493 e. The molecule has 0 unspecified atom stereocenters. The molecule has 11 heteroatoms. The molecule has 1 N–H and O–H groups in total. The van der Waals surface area contributed by atoms with Crippen LogP contribution in [0.1, 0.15) is 25.3 Å². The number of carbonyl (C=O) groups excluding carboxylic acids is 2. The van der Waals surface area contributed by atoms with Crippen LogP contribution in [0, 0.1) is 0 Å². The summed E-state index contributed by atoms with van der Waals surface area (Å²) in [6, 6.07) is 8.81. The van der Waals surface area contributed by atoms with Crippen molar-refractivity contribution >= 4 is 33.2 Å². The molecule has 0 saturated carbocycles. The third kappa shape index (κ3) is 4.80. The van der Waals surface area contributed by atoms with Crippen LogP contribution < -0.4 is 14.8 Å². The second-order valence-electron chi connectivity index (χ2n) is 8.42. The fraction of sp³-hybridized carbons (Fsp3) is 0.417. The number of hydrogen-bond acceptors (Lipinski definition) is 8. The van der Waals surface area contributed by atoms with Gasteiger partial charge in [0.15, 0.2) is 11.5 Å². The molecule has 1 saturated heterocycles. The highest BCUT2D eigenvalue weighted by atomic mass is 32.2. The minimum Gasteiger partial charge on any atom is -0.493 e. The molecule has 0 bridgehead atoms. The molecule has 9 nitrogen and oxygen atoms in total. The number of methoxy groups -OCH3 is 2. The first-order valence-electron chi connectivity index (χ1n) is 11.2. The van der Waals surface area contributed by atoms with E-state index >= 15 is 0 Å². The van der Waals surface area contributed by atoms with Crippen LogP contribution in [0.15, 0.2) is 51.1 Å². The molecule has 0 atom stereocenters. The van der Waals surface area contributed by atoms with Gasteiger partial charge in [0.1, 0.15) is 9.81 Å². The quantitative estimate of drug-likeness (QED) is 0.533. The van der Waals surface area contributed by atoms with Gasteiger partial charge in [-0.15, -0.1) is 11.3 Å². The van der Waals surface area contributed by atoms with Gasteiger partial charge in [-0.25, -0.2) is 13.2 Å². The summed E-state index contributed by atoms with van der Waals surface area (Å²) in [4.78, 5) is 25.6. The molecular formula is C24H28N2O7S2. The molecule has 4 rings (SSSR count). The molecule has 0 radical (unpaired) electrons. The van der Waals surface area contributed by atoms with Crippen molar-refractivity contribution in [2.45, 2.75) is 36.0 Å². The molecule has 2 aliphatic rings. The predicted octanol–water partition coefficient (Wildman–Crippen LogP) is 2.52. The van der Waals surface area contributed by atoms with Crippen LogP contribution in [0.4, 0.5) is 0 Å². The van der Waals surface area contributed by atoms with Crippen molar-refractivity contribution in [1.29, 1.82) is 0 Å². The monoisotopic (exact) mass is 520 g/mol. The molecule has 35 heavy (non-hydrogen) atoms. The first-order chi connectivity index (χ1) is 16.7. The van der Waals surface area contributed by atoms with Gasteiger partial charge in [0, 0.05) is 38.0 Å². The minimum absolute atomic E-state index is 0.156. The first-order valence-corrected chi connectivity index (χ1v) is 13.5. The van der Waals surface area contributed by atoms with Crippen molar-refractivity contribution in [3.05, 3.63) is 52.4 Å². The number of sulfonamides is 1. The van der Waals surface area contributed by atoms with Gasteiger partial charge >= 0.3 is 5.97 Å². The zero-order chi connectivity index (χ0) is 25.2. The number of rotatable bonds is 8. The third-order valence-corrected chi connectivity index (χ3v) is 9.69. The molecule has 2 aromatic rings. The van der Waals surface area contributed by atoms with Gasteiger partial charge in [0.05, 0.1) is 19.8 Å². The Morgan fingerprint density at radius 2 is 1.89 bits per heavy atom. The highest BCUT2D eigenvalue weighted by Crippen LogP contribution is 2.42. The Hall–Kier alpha value is -2.89. The second-order valence-corrected chi connectivity index (χ2v) is 11.5. The lowest BCUT2D eigenvalue weighted by molar-refractivity contribution is -0.150. The first kappa shape index (κ1) is 25.2. The molecule has 188 valence electrons. The molecule has 1 amide bonds. The number of benzene rings is 1. The Bertz CT molecular complexity index is 1240. The normalized spacial score (nSPS) is 18.0. The van der Waals surface area contributed by atoms with Gasteiger partial charge in [-0.2, -0.15) is 4.31 Å². The highest BCUT2D eigenvalue weighted by molar-refractivity contribution is 7.91. The number of piperidine rings is 1. The molecule has 2 aliphatic heterocycles. The van der Waals surface area contributed by atoms with E-state index in [9.17, 15) is 18.0 Å². The number of ether oxygens (including phenoxy) is 3. The van der Waals surface area contributed by atoms with Gasteiger partial charge in [-0.05, 0) is 42.5 Å². The Morgan fingerprint density at radius 1 is 1.17 bits per heavy atom. The van der Waals surface area contributed by atoms with Crippen molar-refractivity contribution in [1.82, 2.24) is 9.62 Å². The SMILES string of the molecule is COc1ccc(CCNC(=O)C2=C(C)C(=O)OC23CCN(S(=O)(=O)c2cccs2)CC3)cc1OC. The maximum absolute atomic E-state index is 13.2. The van der Waals surface area contributed by atoms with E-state index in [2.05, 4.69) is 5.32 Å². The second kappa shape index (κ2) is 10.00. The molecule has 3 heterocycles. The number of nitrogens with one attached hydrogen (secondary N) is 1. The average Bonchev–Trinajstić information content (AvgIpc) is 3.47. The molecular weight excluding hydrogens is 492 g/mol.